The molecule has 182 valence electrons. The number of rotatable bonds is 8. The van der Waals surface area contributed by atoms with Crippen molar-refractivity contribution in [1.29, 1.82) is 0 Å². The molecule has 4 N–H and O–H groups in total. The predicted molar refractivity (Wildman–Crippen MR) is 128 cm³/mol. The largest absolute Gasteiger partial charge is 0.444 e. The minimum absolute atomic E-state index is 0.320. The van der Waals surface area contributed by atoms with Crippen LogP contribution in [0, 0.1) is 6.92 Å². The van der Waals surface area contributed by atoms with Crippen LogP contribution in [0.1, 0.15) is 60.7 Å². The van der Waals surface area contributed by atoms with E-state index in [1.807, 2.05) is 18.4 Å². The zero-order valence-electron chi connectivity index (χ0n) is 20.1. The SMILES string of the molecule is CCn1nc(C)cc1C(=O)Nc1nc2cc(C(N)=O)ccc2n1CCCNC(=O)OC(C)(C)C. The first kappa shape index (κ1) is 24.7. The van der Waals surface area contributed by atoms with E-state index < -0.39 is 17.6 Å². The van der Waals surface area contributed by atoms with Crippen LogP contribution in [0.15, 0.2) is 24.3 Å². The quantitative estimate of drug-likeness (QED) is 0.432. The van der Waals surface area contributed by atoms with Crippen LogP contribution in [0.25, 0.3) is 11.0 Å². The molecule has 34 heavy (non-hydrogen) atoms. The molecule has 3 amide bonds. The molecule has 2 heterocycles. The number of anilines is 1. The number of alkyl carbamates (subject to hydrolysis) is 1. The first-order valence-electron chi connectivity index (χ1n) is 11.1. The topological polar surface area (TPSA) is 146 Å². The molecule has 3 rings (SSSR count). The number of aromatic nitrogens is 4. The Balaban J connectivity index is 1.83. The lowest BCUT2D eigenvalue weighted by Gasteiger charge is -2.19. The minimum atomic E-state index is -0.580. The van der Waals surface area contributed by atoms with E-state index in [1.54, 1.807) is 49.7 Å². The number of hydrogen-bond acceptors (Lipinski definition) is 6. The van der Waals surface area contributed by atoms with E-state index >= 15 is 0 Å². The zero-order chi connectivity index (χ0) is 25.0. The Bertz CT molecular complexity index is 1220. The maximum Gasteiger partial charge on any atom is 0.407 e. The van der Waals surface area contributed by atoms with Crippen LogP contribution in [-0.4, -0.2) is 49.4 Å². The van der Waals surface area contributed by atoms with E-state index in [1.165, 1.54) is 0 Å². The molecule has 0 aliphatic heterocycles. The summed E-state index contributed by atoms with van der Waals surface area (Å²) in [6.45, 7) is 10.5. The van der Waals surface area contributed by atoms with Gasteiger partial charge in [0, 0.05) is 25.2 Å². The summed E-state index contributed by atoms with van der Waals surface area (Å²) in [7, 11) is 0. The van der Waals surface area contributed by atoms with Crippen LogP contribution in [0.2, 0.25) is 0 Å². The summed E-state index contributed by atoms with van der Waals surface area (Å²) in [5.74, 6) is -0.590. The normalized spacial score (nSPS) is 11.4. The van der Waals surface area contributed by atoms with Crippen LogP contribution in [0.5, 0.6) is 0 Å². The van der Waals surface area contributed by atoms with E-state index in [9.17, 15) is 14.4 Å². The summed E-state index contributed by atoms with van der Waals surface area (Å²) in [6, 6.07) is 6.65. The van der Waals surface area contributed by atoms with Gasteiger partial charge in [-0.3, -0.25) is 19.6 Å². The number of imidazole rings is 1. The van der Waals surface area contributed by atoms with Crippen molar-refractivity contribution >= 4 is 34.9 Å². The van der Waals surface area contributed by atoms with Crippen LogP contribution in [0.3, 0.4) is 0 Å². The third-order valence-electron chi connectivity index (χ3n) is 4.92. The number of nitrogens with one attached hydrogen (secondary N) is 2. The van der Waals surface area contributed by atoms with Crippen molar-refractivity contribution in [1.82, 2.24) is 24.6 Å². The summed E-state index contributed by atoms with van der Waals surface area (Å²) in [6.07, 6.45) is 0.0581. The molecule has 0 atom stereocenters. The number of hydrogen-bond donors (Lipinski definition) is 3. The van der Waals surface area contributed by atoms with Crippen molar-refractivity contribution in [3.05, 3.63) is 41.2 Å². The summed E-state index contributed by atoms with van der Waals surface area (Å²) in [5.41, 5.74) is 7.54. The fourth-order valence-electron chi connectivity index (χ4n) is 3.48. The van der Waals surface area contributed by atoms with Gasteiger partial charge < -0.3 is 20.4 Å². The number of fused-ring (bicyclic) bond motifs is 1. The van der Waals surface area contributed by atoms with Gasteiger partial charge in [-0.05, 0) is 65.3 Å². The Labute approximate surface area is 197 Å². The zero-order valence-corrected chi connectivity index (χ0v) is 20.1. The fourth-order valence-corrected chi connectivity index (χ4v) is 3.48. The Morgan fingerprint density at radius 2 is 1.91 bits per heavy atom. The number of nitrogens with zero attached hydrogens (tertiary/aromatic N) is 4. The maximum atomic E-state index is 13.0. The average Bonchev–Trinajstić information content (AvgIpc) is 3.29. The highest BCUT2D eigenvalue weighted by Crippen LogP contribution is 2.22. The second-order valence-electron chi connectivity index (χ2n) is 8.88. The molecule has 0 saturated heterocycles. The average molecular weight is 470 g/mol. The standard InChI is InChI=1S/C23H31N7O4/c1-6-30-18(12-14(2)28-30)20(32)27-21-26-16-13-15(19(24)31)8-9-17(16)29(21)11-7-10-25-22(33)34-23(3,4)5/h8-9,12-13H,6-7,10-11H2,1-5H3,(H2,24,31)(H,25,33)(H,26,27,32). The molecule has 0 fully saturated rings. The van der Waals surface area contributed by atoms with E-state index in [2.05, 4.69) is 20.7 Å². The number of primary amides is 1. The monoisotopic (exact) mass is 469 g/mol. The highest BCUT2D eigenvalue weighted by atomic mass is 16.6. The van der Waals surface area contributed by atoms with Gasteiger partial charge in [-0.2, -0.15) is 5.10 Å². The van der Waals surface area contributed by atoms with Crippen molar-refractivity contribution < 1.29 is 19.1 Å². The van der Waals surface area contributed by atoms with Gasteiger partial charge in [0.1, 0.15) is 11.3 Å². The van der Waals surface area contributed by atoms with Crippen molar-refractivity contribution in [2.24, 2.45) is 5.73 Å². The second kappa shape index (κ2) is 9.94. The molecular formula is C23H31N7O4. The van der Waals surface area contributed by atoms with Crippen molar-refractivity contribution in [3.8, 4) is 0 Å². The highest BCUT2D eigenvalue weighted by molar-refractivity contribution is 6.03. The summed E-state index contributed by atoms with van der Waals surface area (Å²) in [4.78, 5) is 41.0. The first-order chi connectivity index (χ1) is 16.0. The summed E-state index contributed by atoms with van der Waals surface area (Å²) < 4.78 is 8.70. The van der Waals surface area contributed by atoms with Gasteiger partial charge in [0.25, 0.3) is 5.91 Å². The molecule has 11 heteroatoms. The molecule has 11 nitrogen and oxygen atoms in total. The van der Waals surface area contributed by atoms with Crippen LogP contribution >= 0.6 is 0 Å². The van der Waals surface area contributed by atoms with E-state index in [0.29, 0.717) is 48.8 Å². The van der Waals surface area contributed by atoms with Crippen LogP contribution in [0.4, 0.5) is 10.7 Å². The number of nitrogens with two attached hydrogens (primary N) is 1. The number of ether oxygens (including phenoxy) is 1. The van der Waals surface area contributed by atoms with Crippen LogP contribution in [-0.2, 0) is 17.8 Å². The van der Waals surface area contributed by atoms with Crippen molar-refractivity contribution in [2.45, 2.75) is 59.7 Å². The maximum absolute atomic E-state index is 13.0. The number of carbonyl (C=O) groups is 3. The molecule has 1 aromatic carbocycles. The minimum Gasteiger partial charge on any atom is -0.444 e. The van der Waals surface area contributed by atoms with Crippen molar-refractivity contribution in [2.75, 3.05) is 11.9 Å². The molecular weight excluding hydrogens is 438 g/mol. The van der Waals surface area contributed by atoms with Gasteiger partial charge in [-0.25, -0.2) is 9.78 Å². The number of aryl methyl sites for hydroxylation is 3. The molecule has 0 radical (unpaired) electrons. The Kier molecular flexibility index (Phi) is 7.23. The molecule has 0 bridgehead atoms. The number of carbonyl (C=O) groups excluding carboxylic acids is 3. The Morgan fingerprint density at radius 3 is 2.56 bits per heavy atom. The van der Waals surface area contributed by atoms with Crippen molar-refractivity contribution in [3.63, 3.8) is 0 Å². The van der Waals surface area contributed by atoms with E-state index in [0.717, 1.165) is 11.2 Å². The molecule has 0 unspecified atom stereocenters. The summed E-state index contributed by atoms with van der Waals surface area (Å²) in [5, 5.41) is 9.90. The number of amides is 3. The second-order valence-corrected chi connectivity index (χ2v) is 8.88. The lowest BCUT2D eigenvalue weighted by Crippen LogP contribution is -2.33. The lowest BCUT2D eigenvalue weighted by atomic mass is 10.2. The first-order valence-corrected chi connectivity index (χ1v) is 11.1. The molecule has 0 saturated carbocycles. The molecule has 0 aliphatic rings. The molecule has 0 aliphatic carbocycles. The van der Waals surface area contributed by atoms with E-state index in [-0.39, 0.29) is 5.91 Å². The number of benzene rings is 1. The summed E-state index contributed by atoms with van der Waals surface area (Å²) >= 11 is 0. The van der Waals surface area contributed by atoms with Gasteiger partial charge in [-0.15, -0.1) is 0 Å². The van der Waals surface area contributed by atoms with Gasteiger partial charge in [0.15, 0.2) is 0 Å². The van der Waals surface area contributed by atoms with E-state index in [4.69, 9.17) is 10.5 Å². The fraction of sp³-hybridized carbons (Fsp3) is 0.435. The van der Waals surface area contributed by atoms with Crippen LogP contribution < -0.4 is 16.4 Å². The molecule has 2 aromatic heterocycles. The van der Waals surface area contributed by atoms with Gasteiger partial charge in [0.05, 0.1) is 16.7 Å². The smallest absolute Gasteiger partial charge is 0.407 e. The third kappa shape index (κ3) is 5.91. The molecule has 0 spiro atoms. The highest BCUT2D eigenvalue weighted by Gasteiger charge is 2.19. The Morgan fingerprint density at radius 1 is 1.18 bits per heavy atom. The van der Waals surface area contributed by atoms with Gasteiger partial charge >= 0.3 is 6.09 Å². The molecule has 3 aromatic rings. The predicted octanol–water partition coefficient (Wildman–Crippen LogP) is 2.83. The lowest BCUT2D eigenvalue weighted by molar-refractivity contribution is 0.0526. The van der Waals surface area contributed by atoms with Gasteiger partial charge in [-0.1, -0.05) is 0 Å². The Hall–Kier alpha value is -3.89. The van der Waals surface area contributed by atoms with Gasteiger partial charge in [0.2, 0.25) is 11.9 Å². The third-order valence-corrected chi connectivity index (χ3v) is 4.92.